The maximum absolute atomic E-state index is 11.8. The lowest BCUT2D eigenvalue weighted by Gasteiger charge is -2.10. The second-order valence-corrected chi connectivity index (χ2v) is 5.89. The molecule has 0 saturated heterocycles. The van der Waals surface area contributed by atoms with Gasteiger partial charge in [-0.15, -0.1) is 11.3 Å². The van der Waals surface area contributed by atoms with Crippen molar-refractivity contribution in [2.45, 2.75) is 6.92 Å². The molecule has 1 amide bonds. The highest BCUT2D eigenvalue weighted by Gasteiger charge is 2.14. The topological polar surface area (TPSA) is 84.3 Å². The molecule has 118 valence electrons. The molecule has 0 aliphatic rings. The number of nitrogens with one attached hydrogen (secondary N) is 2. The zero-order valence-corrected chi connectivity index (χ0v) is 13.7. The number of carbonyl (C=O) groups excluding carboxylic acids is 1. The number of rotatable bonds is 4. The molecule has 0 spiro atoms. The van der Waals surface area contributed by atoms with E-state index < -0.39 is 4.92 Å². The second-order valence-electron chi connectivity index (χ2n) is 4.50. The Morgan fingerprint density at radius 2 is 2.13 bits per heavy atom. The van der Waals surface area contributed by atoms with Gasteiger partial charge in [0, 0.05) is 17.0 Å². The number of hydrogen-bond acceptors (Lipinski definition) is 5. The highest BCUT2D eigenvalue weighted by atomic mass is 32.1. The van der Waals surface area contributed by atoms with Crippen molar-refractivity contribution in [1.29, 1.82) is 0 Å². The number of nitrogens with zero attached hydrogens (tertiary/aromatic N) is 1. The first kappa shape index (κ1) is 16.8. The number of thiophene rings is 1. The smallest absolute Gasteiger partial charge is 0.274 e. The Morgan fingerprint density at radius 3 is 2.78 bits per heavy atom. The summed E-state index contributed by atoms with van der Waals surface area (Å²) < 4.78 is 0. The Balaban J connectivity index is 1.98. The van der Waals surface area contributed by atoms with Gasteiger partial charge in [0.1, 0.15) is 0 Å². The third-order valence-electron chi connectivity index (χ3n) is 2.93. The van der Waals surface area contributed by atoms with Crippen LogP contribution in [-0.2, 0) is 4.79 Å². The van der Waals surface area contributed by atoms with Gasteiger partial charge < -0.3 is 5.32 Å². The molecule has 0 radical (unpaired) electrons. The zero-order chi connectivity index (χ0) is 16.8. The van der Waals surface area contributed by atoms with E-state index in [1.165, 1.54) is 23.5 Å². The van der Waals surface area contributed by atoms with E-state index in [-0.39, 0.29) is 16.7 Å². The number of anilines is 1. The van der Waals surface area contributed by atoms with E-state index >= 15 is 0 Å². The fraction of sp³-hybridized carbons (Fsp3) is 0.0667. The highest BCUT2D eigenvalue weighted by Crippen LogP contribution is 2.24. The fourth-order valence-corrected chi connectivity index (χ4v) is 2.64. The summed E-state index contributed by atoms with van der Waals surface area (Å²) in [6.45, 7) is 1.61. The molecule has 0 unspecified atom stereocenters. The van der Waals surface area contributed by atoms with Gasteiger partial charge in [-0.05, 0) is 42.7 Å². The average molecular weight is 347 g/mol. The summed E-state index contributed by atoms with van der Waals surface area (Å²) >= 11 is 6.56. The van der Waals surface area contributed by atoms with Crippen LogP contribution in [-0.4, -0.2) is 15.9 Å². The van der Waals surface area contributed by atoms with Crippen LogP contribution in [0.3, 0.4) is 0 Å². The standard InChI is InChI=1S/C15H13N3O3S2/c1-10-12(5-2-6-13(10)18(20)21)16-15(22)17-14(19)8-7-11-4-3-9-23-11/h2-9H,1H3,(H2,16,17,19,22)/b8-7+. The number of thiocarbonyl (C=S) groups is 1. The van der Waals surface area contributed by atoms with Gasteiger partial charge in [-0.2, -0.15) is 0 Å². The largest absolute Gasteiger partial charge is 0.332 e. The molecule has 1 aromatic heterocycles. The molecule has 2 N–H and O–H groups in total. The van der Waals surface area contributed by atoms with E-state index in [1.54, 1.807) is 25.1 Å². The predicted molar refractivity (Wildman–Crippen MR) is 95.5 cm³/mol. The molecular weight excluding hydrogens is 334 g/mol. The van der Waals surface area contributed by atoms with Gasteiger partial charge in [-0.25, -0.2) is 0 Å². The first-order chi connectivity index (χ1) is 11.0. The summed E-state index contributed by atoms with van der Waals surface area (Å²) in [5.74, 6) is -0.376. The van der Waals surface area contributed by atoms with Gasteiger partial charge in [0.05, 0.1) is 16.2 Å². The second kappa shape index (κ2) is 7.61. The minimum atomic E-state index is -0.466. The normalized spacial score (nSPS) is 10.5. The molecule has 0 atom stereocenters. The molecule has 0 fully saturated rings. The highest BCUT2D eigenvalue weighted by molar-refractivity contribution is 7.80. The molecule has 23 heavy (non-hydrogen) atoms. The summed E-state index contributed by atoms with van der Waals surface area (Å²) in [5, 5.41) is 18.2. The van der Waals surface area contributed by atoms with Gasteiger partial charge in [0.2, 0.25) is 5.91 Å². The van der Waals surface area contributed by atoms with Crippen molar-refractivity contribution in [2.75, 3.05) is 5.32 Å². The quantitative estimate of drug-likeness (QED) is 0.383. The number of amides is 1. The Morgan fingerprint density at radius 1 is 1.35 bits per heavy atom. The molecule has 0 aliphatic heterocycles. The molecule has 0 saturated carbocycles. The van der Waals surface area contributed by atoms with Gasteiger partial charge in [0.15, 0.2) is 5.11 Å². The third kappa shape index (κ3) is 4.70. The van der Waals surface area contributed by atoms with Crippen molar-refractivity contribution >= 4 is 52.0 Å². The summed E-state index contributed by atoms with van der Waals surface area (Å²) in [5.41, 5.74) is 0.914. The average Bonchev–Trinajstić information content (AvgIpc) is 3.00. The summed E-state index contributed by atoms with van der Waals surface area (Å²) in [6.07, 6.45) is 3.06. The molecule has 0 bridgehead atoms. The monoisotopic (exact) mass is 347 g/mol. The zero-order valence-electron chi connectivity index (χ0n) is 12.1. The van der Waals surface area contributed by atoms with Gasteiger partial charge >= 0.3 is 0 Å². The lowest BCUT2D eigenvalue weighted by molar-refractivity contribution is -0.385. The van der Waals surface area contributed by atoms with Crippen molar-refractivity contribution in [3.05, 3.63) is 62.3 Å². The Hall–Kier alpha value is -2.58. The van der Waals surface area contributed by atoms with E-state index in [9.17, 15) is 14.9 Å². The van der Waals surface area contributed by atoms with Crippen molar-refractivity contribution in [3.8, 4) is 0 Å². The van der Waals surface area contributed by atoms with Crippen LogP contribution < -0.4 is 10.6 Å². The maximum Gasteiger partial charge on any atom is 0.274 e. The van der Waals surface area contributed by atoms with Crippen molar-refractivity contribution in [3.63, 3.8) is 0 Å². The van der Waals surface area contributed by atoms with E-state index in [2.05, 4.69) is 10.6 Å². The molecule has 1 aromatic carbocycles. The van der Waals surface area contributed by atoms with Crippen molar-refractivity contribution in [1.82, 2.24) is 5.32 Å². The van der Waals surface area contributed by atoms with Gasteiger partial charge in [-0.1, -0.05) is 12.1 Å². The Labute approximate surface area is 142 Å². The van der Waals surface area contributed by atoms with Crippen molar-refractivity contribution < 1.29 is 9.72 Å². The number of nitro benzene ring substituents is 1. The molecule has 1 heterocycles. The minimum absolute atomic E-state index is 0.0123. The fourth-order valence-electron chi connectivity index (χ4n) is 1.81. The minimum Gasteiger partial charge on any atom is -0.332 e. The Bertz CT molecular complexity index is 770. The molecular formula is C15H13N3O3S2. The number of hydrogen-bond donors (Lipinski definition) is 2. The number of benzene rings is 1. The van der Waals surface area contributed by atoms with E-state index in [1.807, 2.05) is 17.5 Å². The first-order valence-electron chi connectivity index (χ1n) is 6.55. The van der Waals surface area contributed by atoms with Gasteiger partial charge in [-0.3, -0.25) is 20.2 Å². The predicted octanol–water partition coefficient (Wildman–Crippen LogP) is 3.49. The van der Waals surface area contributed by atoms with Crippen LogP contribution in [0.2, 0.25) is 0 Å². The van der Waals surface area contributed by atoms with Gasteiger partial charge in [0.25, 0.3) is 5.69 Å². The number of carbonyl (C=O) groups is 1. The van der Waals surface area contributed by atoms with E-state index in [0.29, 0.717) is 11.3 Å². The van der Waals surface area contributed by atoms with Crippen molar-refractivity contribution in [2.24, 2.45) is 0 Å². The first-order valence-corrected chi connectivity index (χ1v) is 7.83. The summed E-state index contributed by atoms with van der Waals surface area (Å²) in [6, 6.07) is 8.39. The van der Waals surface area contributed by atoms with Crippen LogP contribution in [0.4, 0.5) is 11.4 Å². The summed E-state index contributed by atoms with van der Waals surface area (Å²) in [4.78, 5) is 23.2. The molecule has 2 aromatic rings. The Kier molecular flexibility index (Phi) is 5.56. The molecule has 8 heteroatoms. The lowest BCUT2D eigenvalue weighted by atomic mass is 10.1. The van der Waals surface area contributed by atoms with Crippen LogP contribution in [0.15, 0.2) is 41.8 Å². The van der Waals surface area contributed by atoms with Crippen LogP contribution in [0.1, 0.15) is 10.4 Å². The van der Waals surface area contributed by atoms with Crippen LogP contribution in [0, 0.1) is 17.0 Å². The van der Waals surface area contributed by atoms with E-state index in [4.69, 9.17) is 12.2 Å². The molecule has 0 aliphatic carbocycles. The number of nitro groups is 1. The maximum atomic E-state index is 11.8. The third-order valence-corrected chi connectivity index (χ3v) is 3.97. The van der Waals surface area contributed by atoms with E-state index in [0.717, 1.165) is 4.88 Å². The molecule has 6 nitrogen and oxygen atoms in total. The van der Waals surface area contributed by atoms with Crippen LogP contribution in [0.25, 0.3) is 6.08 Å². The van der Waals surface area contributed by atoms with Crippen LogP contribution >= 0.6 is 23.6 Å². The SMILES string of the molecule is Cc1c(NC(=S)NC(=O)/C=C/c2cccs2)cccc1[N+](=O)[O-]. The molecule has 2 rings (SSSR count). The van der Waals surface area contributed by atoms with Crippen LogP contribution in [0.5, 0.6) is 0 Å². The summed E-state index contributed by atoms with van der Waals surface area (Å²) in [7, 11) is 0. The lowest BCUT2D eigenvalue weighted by Crippen LogP contribution is -2.33.